The molecule has 8 heteroatoms. The third kappa shape index (κ3) is 4.24. The largest absolute Gasteiger partial charge is 0.464 e. The van der Waals surface area contributed by atoms with Crippen LogP contribution >= 0.6 is 0 Å². The molecule has 2 amide bonds. The predicted octanol–water partition coefficient (Wildman–Crippen LogP) is 2.71. The summed E-state index contributed by atoms with van der Waals surface area (Å²) in [6.45, 7) is 4.43. The Morgan fingerprint density at radius 1 is 1.09 bits per heavy atom. The third-order valence-electron chi connectivity index (χ3n) is 5.98. The van der Waals surface area contributed by atoms with E-state index in [1.807, 2.05) is 61.5 Å². The molecule has 2 aromatic carbocycles. The summed E-state index contributed by atoms with van der Waals surface area (Å²) in [5, 5.41) is 2.97. The van der Waals surface area contributed by atoms with Gasteiger partial charge in [0.1, 0.15) is 11.2 Å². The van der Waals surface area contributed by atoms with Crippen LogP contribution in [0.3, 0.4) is 0 Å². The molecule has 1 atom stereocenters. The van der Waals surface area contributed by atoms with Gasteiger partial charge in [0.15, 0.2) is 5.69 Å². The molecule has 0 saturated heterocycles. The van der Waals surface area contributed by atoms with Crippen molar-refractivity contribution >= 4 is 17.8 Å². The normalized spacial score (nSPS) is 17.4. The first-order valence-corrected chi connectivity index (χ1v) is 10.7. The Kier molecular flexibility index (Phi) is 6.00. The number of nitrogens with one attached hydrogen (secondary N) is 1. The van der Waals surface area contributed by atoms with E-state index >= 15 is 0 Å². The van der Waals surface area contributed by atoms with E-state index in [1.54, 1.807) is 11.5 Å². The zero-order valence-corrected chi connectivity index (χ0v) is 18.9. The molecule has 4 rings (SSSR count). The number of aromatic nitrogens is 2. The Balaban J connectivity index is 1.69. The second kappa shape index (κ2) is 8.90. The van der Waals surface area contributed by atoms with Crippen LogP contribution in [0.2, 0.25) is 0 Å². The summed E-state index contributed by atoms with van der Waals surface area (Å²) in [4.78, 5) is 44.9. The van der Waals surface area contributed by atoms with E-state index in [4.69, 9.17) is 4.74 Å². The second-order valence-corrected chi connectivity index (χ2v) is 8.38. The minimum absolute atomic E-state index is 0.0526. The highest BCUT2D eigenvalue weighted by Gasteiger charge is 2.48. The highest BCUT2D eigenvalue weighted by molar-refractivity contribution is 6.06. The maximum atomic E-state index is 13.7. The number of hydrogen-bond acceptors (Lipinski definition) is 5. The quantitative estimate of drug-likeness (QED) is 0.588. The van der Waals surface area contributed by atoms with Crippen LogP contribution in [0.1, 0.15) is 44.6 Å². The molecule has 1 aliphatic rings. The lowest BCUT2D eigenvalue weighted by Gasteiger charge is -2.43. The molecular weight excluding hydrogens is 420 g/mol. The smallest absolute Gasteiger partial charge is 0.359 e. The second-order valence-electron chi connectivity index (χ2n) is 8.38. The lowest BCUT2D eigenvalue weighted by atomic mass is 9.93. The molecule has 170 valence electrons. The molecule has 1 unspecified atom stereocenters. The number of rotatable bonds is 6. The molecule has 2 heterocycles. The highest BCUT2D eigenvalue weighted by Crippen LogP contribution is 2.31. The number of ether oxygens (including phenoxy) is 1. The molecule has 1 N–H and O–H groups in total. The van der Waals surface area contributed by atoms with Crippen molar-refractivity contribution in [1.82, 2.24) is 19.8 Å². The first kappa shape index (κ1) is 22.3. The van der Waals surface area contributed by atoms with Crippen LogP contribution in [-0.2, 0) is 29.2 Å². The summed E-state index contributed by atoms with van der Waals surface area (Å²) < 4.78 is 6.36. The van der Waals surface area contributed by atoms with Crippen LogP contribution < -0.4 is 5.32 Å². The number of aryl methyl sites for hydroxylation is 1. The Labute approximate surface area is 192 Å². The van der Waals surface area contributed by atoms with Crippen LogP contribution in [0.4, 0.5) is 0 Å². The van der Waals surface area contributed by atoms with Gasteiger partial charge in [-0.25, -0.2) is 9.78 Å². The number of esters is 1. The van der Waals surface area contributed by atoms with Crippen molar-refractivity contribution in [2.24, 2.45) is 0 Å². The number of hydrogen-bond donors (Lipinski definition) is 1. The molecular formula is C25H26N4O4. The van der Waals surface area contributed by atoms with E-state index in [2.05, 4.69) is 10.3 Å². The van der Waals surface area contributed by atoms with Gasteiger partial charge in [0.2, 0.25) is 5.91 Å². The summed E-state index contributed by atoms with van der Waals surface area (Å²) in [7, 11) is 1.24. The monoisotopic (exact) mass is 446 g/mol. The zero-order chi connectivity index (χ0) is 23.6. The molecule has 0 aliphatic carbocycles. The van der Waals surface area contributed by atoms with Crippen molar-refractivity contribution in [1.29, 1.82) is 0 Å². The van der Waals surface area contributed by atoms with Gasteiger partial charge < -0.3 is 19.5 Å². The maximum Gasteiger partial charge on any atom is 0.359 e. The van der Waals surface area contributed by atoms with Crippen molar-refractivity contribution < 1.29 is 19.1 Å². The van der Waals surface area contributed by atoms with Gasteiger partial charge >= 0.3 is 5.97 Å². The summed E-state index contributed by atoms with van der Waals surface area (Å²) in [6.07, 6.45) is 1.41. The highest BCUT2D eigenvalue weighted by atomic mass is 16.5. The van der Waals surface area contributed by atoms with Crippen LogP contribution in [-0.4, -0.2) is 44.9 Å². The van der Waals surface area contributed by atoms with Crippen LogP contribution in [0.5, 0.6) is 0 Å². The topological polar surface area (TPSA) is 93.5 Å². The number of imidazole rings is 1. The lowest BCUT2D eigenvalue weighted by Crippen LogP contribution is -2.63. The minimum atomic E-state index is -1.20. The number of nitrogens with zero attached hydrogens (tertiary/aromatic N) is 3. The standard InChI is InChI=1S/C25H26N4O4/c1-17-9-11-19(12-10-17)14-29-22(30)21-20(23(31)33-3)27-16-28(21)15-25(29,2)24(32)26-13-18-7-5-4-6-8-18/h4-12,16H,13-15H2,1-3H3,(H,26,32). The Morgan fingerprint density at radius 3 is 2.45 bits per heavy atom. The number of carbonyl (C=O) groups excluding carboxylic acids is 3. The summed E-state index contributed by atoms with van der Waals surface area (Å²) in [5.74, 6) is -1.42. The van der Waals surface area contributed by atoms with E-state index in [0.717, 1.165) is 16.7 Å². The third-order valence-corrected chi connectivity index (χ3v) is 5.98. The number of amides is 2. The van der Waals surface area contributed by atoms with E-state index in [1.165, 1.54) is 18.3 Å². The van der Waals surface area contributed by atoms with E-state index in [0.29, 0.717) is 6.54 Å². The molecule has 8 nitrogen and oxygen atoms in total. The van der Waals surface area contributed by atoms with Gasteiger partial charge in [-0.3, -0.25) is 9.59 Å². The van der Waals surface area contributed by atoms with E-state index in [-0.39, 0.29) is 30.4 Å². The van der Waals surface area contributed by atoms with Crippen molar-refractivity contribution in [3.8, 4) is 0 Å². The number of fused-ring (bicyclic) bond motifs is 1. The predicted molar refractivity (Wildman–Crippen MR) is 121 cm³/mol. The number of benzene rings is 2. The first-order valence-electron chi connectivity index (χ1n) is 10.7. The van der Waals surface area contributed by atoms with Crippen molar-refractivity contribution in [2.45, 2.75) is 39.0 Å². The van der Waals surface area contributed by atoms with E-state index < -0.39 is 17.4 Å². The number of methoxy groups -OCH3 is 1. The average Bonchev–Trinajstić information content (AvgIpc) is 3.25. The molecule has 0 radical (unpaired) electrons. The van der Waals surface area contributed by atoms with E-state index in [9.17, 15) is 14.4 Å². The lowest BCUT2D eigenvalue weighted by molar-refractivity contribution is -0.133. The van der Waals surface area contributed by atoms with Crippen molar-refractivity contribution in [2.75, 3.05) is 7.11 Å². The molecule has 1 aromatic heterocycles. The molecule has 0 spiro atoms. The van der Waals surface area contributed by atoms with Crippen LogP contribution in [0, 0.1) is 6.92 Å². The van der Waals surface area contributed by atoms with Gasteiger partial charge in [0, 0.05) is 13.1 Å². The van der Waals surface area contributed by atoms with Gasteiger partial charge in [0.05, 0.1) is 20.0 Å². The van der Waals surface area contributed by atoms with Crippen LogP contribution in [0.15, 0.2) is 60.9 Å². The molecule has 3 aromatic rings. The molecule has 1 aliphatic heterocycles. The summed E-state index contributed by atoms with van der Waals surface area (Å²) in [5.41, 5.74) is 1.81. The number of carbonyl (C=O) groups is 3. The Morgan fingerprint density at radius 2 is 1.79 bits per heavy atom. The van der Waals surface area contributed by atoms with Gasteiger partial charge in [-0.15, -0.1) is 0 Å². The fourth-order valence-corrected chi connectivity index (χ4v) is 4.03. The first-order chi connectivity index (χ1) is 15.8. The Hall–Kier alpha value is -3.94. The maximum absolute atomic E-state index is 13.7. The Bertz CT molecular complexity index is 1190. The van der Waals surface area contributed by atoms with Gasteiger partial charge in [0.25, 0.3) is 5.91 Å². The van der Waals surface area contributed by atoms with Gasteiger partial charge in [-0.05, 0) is 25.0 Å². The average molecular weight is 447 g/mol. The fraction of sp³-hybridized carbons (Fsp3) is 0.280. The van der Waals surface area contributed by atoms with Gasteiger partial charge in [-0.1, -0.05) is 60.2 Å². The van der Waals surface area contributed by atoms with Crippen LogP contribution in [0.25, 0.3) is 0 Å². The fourth-order valence-electron chi connectivity index (χ4n) is 4.03. The zero-order valence-electron chi connectivity index (χ0n) is 18.9. The molecule has 33 heavy (non-hydrogen) atoms. The SMILES string of the molecule is COC(=O)c1ncn2c1C(=O)N(Cc1ccc(C)cc1)C(C)(C(=O)NCc1ccccc1)C2. The molecule has 0 saturated carbocycles. The van der Waals surface area contributed by atoms with Crippen molar-refractivity contribution in [3.63, 3.8) is 0 Å². The minimum Gasteiger partial charge on any atom is -0.464 e. The van der Waals surface area contributed by atoms with Gasteiger partial charge in [-0.2, -0.15) is 0 Å². The summed E-state index contributed by atoms with van der Waals surface area (Å²) >= 11 is 0. The molecule has 0 fully saturated rings. The van der Waals surface area contributed by atoms with Crippen molar-refractivity contribution in [3.05, 3.63) is 89.0 Å². The summed E-state index contributed by atoms with van der Waals surface area (Å²) in [6, 6.07) is 17.4. The molecule has 0 bridgehead atoms.